The number of para-hydroxylation sites is 1. The van der Waals surface area contributed by atoms with Crippen LogP contribution in [0.15, 0.2) is 24.3 Å². The zero-order valence-electron chi connectivity index (χ0n) is 11.7. The van der Waals surface area contributed by atoms with E-state index in [1.165, 1.54) is 18.2 Å². The average molecular weight is 305 g/mol. The summed E-state index contributed by atoms with van der Waals surface area (Å²) in [5, 5.41) is 20.0. The van der Waals surface area contributed by atoms with Gasteiger partial charge in [-0.05, 0) is 37.2 Å². The van der Waals surface area contributed by atoms with Gasteiger partial charge in [0.15, 0.2) is 0 Å². The molecule has 0 heterocycles. The van der Waals surface area contributed by atoms with Gasteiger partial charge in [0.2, 0.25) is 0 Å². The lowest BCUT2D eigenvalue weighted by atomic mass is 9.87. The maximum atomic E-state index is 12.2. The molecule has 2 aliphatic rings. The molecule has 4 atom stereocenters. The third-order valence-corrected chi connectivity index (χ3v) is 4.69. The summed E-state index contributed by atoms with van der Waals surface area (Å²) >= 11 is 0. The first-order valence-electron chi connectivity index (χ1n) is 7.14. The molecule has 3 rings (SSSR count). The number of aliphatic carboxylic acids is 1. The van der Waals surface area contributed by atoms with Crippen LogP contribution in [-0.2, 0) is 9.53 Å². The van der Waals surface area contributed by atoms with E-state index in [-0.39, 0.29) is 35.1 Å². The fourth-order valence-electron chi connectivity index (χ4n) is 3.68. The molecule has 0 radical (unpaired) electrons. The molecule has 2 saturated carbocycles. The van der Waals surface area contributed by atoms with Gasteiger partial charge in [0.05, 0.1) is 10.8 Å². The van der Waals surface area contributed by atoms with Crippen molar-refractivity contribution < 1.29 is 24.4 Å². The quantitative estimate of drug-likeness (QED) is 0.519. The van der Waals surface area contributed by atoms with Crippen LogP contribution in [0.2, 0.25) is 0 Å². The number of carbonyl (C=O) groups excluding carboxylic acids is 1. The summed E-state index contributed by atoms with van der Waals surface area (Å²) in [7, 11) is 0. The fourth-order valence-corrected chi connectivity index (χ4v) is 3.68. The van der Waals surface area contributed by atoms with Crippen molar-refractivity contribution in [3.8, 4) is 0 Å². The first kappa shape index (κ1) is 14.5. The topological polar surface area (TPSA) is 107 Å². The summed E-state index contributed by atoms with van der Waals surface area (Å²) in [4.78, 5) is 33.6. The third-order valence-electron chi connectivity index (χ3n) is 4.69. The number of nitrogens with zero attached hydrogens (tertiary/aromatic N) is 1. The number of nitro groups is 1. The highest BCUT2D eigenvalue weighted by molar-refractivity contribution is 5.94. The van der Waals surface area contributed by atoms with Gasteiger partial charge >= 0.3 is 11.9 Å². The van der Waals surface area contributed by atoms with Crippen LogP contribution in [0.4, 0.5) is 5.69 Å². The van der Waals surface area contributed by atoms with E-state index in [1.54, 1.807) is 6.07 Å². The summed E-state index contributed by atoms with van der Waals surface area (Å²) in [6, 6.07) is 5.67. The number of hydrogen-bond acceptors (Lipinski definition) is 5. The van der Waals surface area contributed by atoms with E-state index in [1.807, 2.05) is 0 Å². The van der Waals surface area contributed by atoms with E-state index >= 15 is 0 Å². The van der Waals surface area contributed by atoms with Crippen LogP contribution in [0.3, 0.4) is 0 Å². The van der Waals surface area contributed by atoms with Crippen molar-refractivity contribution in [2.75, 3.05) is 0 Å². The molecule has 2 fully saturated rings. The average Bonchev–Trinajstić information content (AvgIpc) is 3.07. The van der Waals surface area contributed by atoms with E-state index in [9.17, 15) is 19.7 Å². The van der Waals surface area contributed by atoms with Crippen molar-refractivity contribution >= 4 is 17.6 Å². The maximum Gasteiger partial charge on any atom is 0.345 e. The van der Waals surface area contributed by atoms with Gasteiger partial charge in [-0.3, -0.25) is 14.9 Å². The predicted molar refractivity (Wildman–Crippen MR) is 74.3 cm³/mol. The molecular formula is C15H15NO6. The third kappa shape index (κ3) is 2.43. The van der Waals surface area contributed by atoms with Gasteiger partial charge in [-0.25, -0.2) is 4.79 Å². The predicted octanol–water partition coefficient (Wildman–Crippen LogP) is 2.25. The Morgan fingerprint density at radius 2 is 1.91 bits per heavy atom. The number of nitro benzene ring substituents is 1. The van der Waals surface area contributed by atoms with Gasteiger partial charge in [0.1, 0.15) is 11.7 Å². The highest BCUT2D eigenvalue weighted by Crippen LogP contribution is 2.50. The number of esters is 1. The van der Waals surface area contributed by atoms with Gasteiger partial charge in [-0.15, -0.1) is 0 Å². The lowest BCUT2D eigenvalue weighted by molar-refractivity contribution is -0.385. The summed E-state index contributed by atoms with van der Waals surface area (Å²) in [5.41, 5.74) is -0.343. The Labute approximate surface area is 126 Å². The second-order valence-electron chi connectivity index (χ2n) is 5.89. The maximum absolute atomic E-state index is 12.2. The van der Waals surface area contributed by atoms with Crippen molar-refractivity contribution in [3.05, 3.63) is 39.9 Å². The lowest BCUT2D eigenvalue weighted by Gasteiger charge is -2.25. The molecule has 2 bridgehead atoms. The Kier molecular flexibility index (Phi) is 3.56. The summed E-state index contributed by atoms with van der Waals surface area (Å²) < 4.78 is 5.41. The number of carbonyl (C=O) groups is 2. The largest absolute Gasteiger partial charge is 0.481 e. The molecule has 7 nitrogen and oxygen atoms in total. The van der Waals surface area contributed by atoms with Gasteiger partial charge in [-0.1, -0.05) is 12.1 Å². The van der Waals surface area contributed by atoms with E-state index in [2.05, 4.69) is 0 Å². The smallest absolute Gasteiger partial charge is 0.345 e. The Bertz CT molecular complexity index is 643. The molecule has 0 aliphatic heterocycles. The molecule has 1 N–H and O–H groups in total. The Hall–Kier alpha value is -2.44. The number of carboxylic acid groups (broad SMARTS) is 1. The van der Waals surface area contributed by atoms with Crippen molar-refractivity contribution in [2.24, 2.45) is 17.8 Å². The van der Waals surface area contributed by atoms with Crippen LogP contribution in [0.5, 0.6) is 0 Å². The van der Waals surface area contributed by atoms with E-state index in [0.29, 0.717) is 12.8 Å². The minimum absolute atomic E-state index is 0.0334. The molecule has 7 heteroatoms. The van der Waals surface area contributed by atoms with Gasteiger partial charge in [0.25, 0.3) is 5.69 Å². The molecule has 22 heavy (non-hydrogen) atoms. The van der Waals surface area contributed by atoms with Crippen molar-refractivity contribution in [2.45, 2.75) is 25.4 Å². The molecule has 0 spiro atoms. The Morgan fingerprint density at radius 3 is 2.50 bits per heavy atom. The van der Waals surface area contributed by atoms with Crippen LogP contribution >= 0.6 is 0 Å². The van der Waals surface area contributed by atoms with Crippen molar-refractivity contribution in [3.63, 3.8) is 0 Å². The molecule has 0 saturated heterocycles. The summed E-state index contributed by atoms with van der Waals surface area (Å²) in [5.74, 6) is -1.79. The van der Waals surface area contributed by atoms with Crippen LogP contribution in [0.1, 0.15) is 29.6 Å². The van der Waals surface area contributed by atoms with Gasteiger partial charge in [-0.2, -0.15) is 0 Å². The number of ether oxygens (including phenoxy) is 1. The standard InChI is InChI=1S/C15H15NO6/c17-14(18)11-6-9-5-8(11)7-13(9)22-15(19)10-3-1-2-4-12(10)16(20)21/h1-4,8-9,11,13H,5-7H2,(H,17,18). The monoisotopic (exact) mass is 305 g/mol. The highest BCUT2D eigenvalue weighted by atomic mass is 16.6. The van der Waals surface area contributed by atoms with E-state index in [4.69, 9.17) is 9.84 Å². The molecule has 0 amide bonds. The highest BCUT2D eigenvalue weighted by Gasteiger charge is 2.50. The second-order valence-corrected chi connectivity index (χ2v) is 5.89. The molecule has 116 valence electrons. The molecular weight excluding hydrogens is 290 g/mol. The molecule has 1 aromatic carbocycles. The molecule has 0 aromatic heterocycles. The first-order valence-corrected chi connectivity index (χ1v) is 7.14. The molecule has 4 unspecified atom stereocenters. The second kappa shape index (κ2) is 5.40. The van der Waals surface area contributed by atoms with Crippen LogP contribution in [-0.4, -0.2) is 28.1 Å². The van der Waals surface area contributed by atoms with Gasteiger partial charge < -0.3 is 9.84 Å². The Morgan fingerprint density at radius 1 is 1.18 bits per heavy atom. The zero-order valence-corrected chi connectivity index (χ0v) is 11.7. The Balaban J connectivity index is 1.70. The number of fused-ring (bicyclic) bond motifs is 2. The van der Waals surface area contributed by atoms with Crippen LogP contribution < -0.4 is 0 Å². The number of benzene rings is 1. The van der Waals surface area contributed by atoms with Crippen LogP contribution in [0, 0.1) is 27.9 Å². The molecule has 1 aromatic rings. The summed E-state index contributed by atoms with van der Waals surface area (Å²) in [6.07, 6.45) is 1.43. The number of carboxylic acids is 1. The molecule has 2 aliphatic carbocycles. The minimum atomic E-state index is -0.795. The van der Waals surface area contributed by atoms with Crippen LogP contribution in [0.25, 0.3) is 0 Å². The van der Waals surface area contributed by atoms with Crippen molar-refractivity contribution in [1.29, 1.82) is 0 Å². The van der Waals surface area contributed by atoms with Crippen molar-refractivity contribution in [1.82, 2.24) is 0 Å². The zero-order chi connectivity index (χ0) is 15.9. The fraction of sp³-hybridized carbons (Fsp3) is 0.467. The summed E-state index contributed by atoms with van der Waals surface area (Å²) in [6.45, 7) is 0. The first-order chi connectivity index (χ1) is 10.5. The normalized spacial score (nSPS) is 29.3. The lowest BCUT2D eigenvalue weighted by Crippen LogP contribution is -2.30. The van der Waals surface area contributed by atoms with E-state index < -0.39 is 16.9 Å². The van der Waals surface area contributed by atoms with E-state index in [0.717, 1.165) is 6.42 Å². The SMILES string of the molecule is O=C(OC1CC2CC1CC2C(=O)O)c1ccccc1[N+](=O)[O-]. The number of hydrogen-bond donors (Lipinski definition) is 1. The number of rotatable bonds is 4. The van der Waals surface area contributed by atoms with Gasteiger partial charge in [0, 0.05) is 6.07 Å². The minimum Gasteiger partial charge on any atom is -0.481 e.